The number of rotatable bonds is 2. The molecule has 2 N–H and O–H groups in total. The Morgan fingerprint density at radius 2 is 2.11 bits per heavy atom. The molecule has 100 valence electrons. The first-order valence-electron chi connectivity index (χ1n) is 5.32. The zero-order chi connectivity index (χ0) is 12.3. The van der Waals surface area contributed by atoms with Gasteiger partial charge in [0.2, 0.25) is 0 Å². The maximum atomic E-state index is 13.4. The molecule has 0 spiro atoms. The van der Waals surface area contributed by atoms with Crippen LogP contribution in [0.3, 0.4) is 0 Å². The van der Waals surface area contributed by atoms with Crippen LogP contribution in [0.1, 0.15) is 12.0 Å². The average Bonchev–Trinajstić information content (AvgIpc) is 2.33. The van der Waals surface area contributed by atoms with Crippen LogP contribution in [0.2, 0.25) is 5.02 Å². The molecule has 1 aliphatic heterocycles. The molecule has 0 saturated carbocycles. The highest BCUT2D eigenvalue weighted by Crippen LogP contribution is 2.19. The Morgan fingerprint density at radius 1 is 1.33 bits per heavy atom. The summed E-state index contributed by atoms with van der Waals surface area (Å²) in [5.41, 5.74) is 0.224. The maximum Gasteiger partial charge on any atom is 0.191 e. The van der Waals surface area contributed by atoms with Crippen molar-refractivity contribution in [2.75, 3.05) is 13.1 Å². The smallest absolute Gasteiger partial charge is 0.191 e. The highest BCUT2D eigenvalue weighted by atomic mass is 127. The summed E-state index contributed by atoms with van der Waals surface area (Å²) < 4.78 is 26.6. The highest BCUT2D eigenvalue weighted by Gasteiger charge is 2.09. The standard InChI is InChI=1S/C11H12ClF2N3.HI/c12-8-5-9(13)7(4-10(8)14)6-17-11-15-2-1-3-16-11;/h4-5H,1-3,6H2,(H2,15,16,17);1H. The summed E-state index contributed by atoms with van der Waals surface area (Å²) in [5.74, 6) is -0.533. The van der Waals surface area contributed by atoms with Crippen LogP contribution in [0.5, 0.6) is 0 Å². The Labute approximate surface area is 126 Å². The molecule has 7 heteroatoms. The zero-order valence-electron chi connectivity index (χ0n) is 9.47. The van der Waals surface area contributed by atoms with Crippen molar-refractivity contribution in [1.82, 2.24) is 10.6 Å². The first-order chi connectivity index (χ1) is 8.16. The van der Waals surface area contributed by atoms with Gasteiger partial charge in [-0.1, -0.05) is 11.6 Å². The summed E-state index contributed by atoms with van der Waals surface area (Å²) in [6, 6.07) is 2.07. The van der Waals surface area contributed by atoms with E-state index in [9.17, 15) is 8.78 Å². The Morgan fingerprint density at radius 3 is 2.78 bits per heavy atom. The number of nitrogens with zero attached hydrogens (tertiary/aromatic N) is 1. The van der Waals surface area contributed by atoms with Gasteiger partial charge in [0.1, 0.15) is 11.6 Å². The van der Waals surface area contributed by atoms with Crippen molar-refractivity contribution in [2.45, 2.75) is 13.0 Å². The number of halogens is 4. The van der Waals surface area contributed by atoms with E-state index in [2.05, 4.69) is 15.6 Å². The van der Waals surface area contributed by atoms with Crippen molar-refractivity contribution in [2.24, 2.45) is 4.99 Å². The lowest BCUT2D eigenvalue weighted by Gasteiger charge is -2.16. The van der Waals surface area contributed by atoms with Gasteiger partial charge in [0.25, 0.3) is 0 Å². The molecule has 1 heterocycles. The van der Waals surface area contributed by atoms with Gasteiger partial charge in [-0.2, -0.15) is 0 Å². The molecule has 0 amide bonds. The molecule has 0 radical (unpaired) electrons. The van der Waals surface area contributed by atoms with Gasteiger partial charge in [-0.05, 0) is 18.6 Å². The number of hydrogen-bond acceptors (Lipinski definition) is 3. The summed E-state index contributed by atoms with van der Waals surface area (Å²) in [5, 5.41) is 5.74. The molecule has 1 aromatic carbocycles. The third kappa shape index (κ3) is 3.94. The van der Waals surface area contributed by atoms with Gasteiger partial charge in [-0.25, -0.2) is 8.78 Å². The van der Waals surface area contributed by atoms with Crippen molar-refractivity contribution in [3.05, 3.63) is 34.4 Å². The molecule has 0 aliphatic carbocycles. The second-order valence-electron chi connectivity index (χ2n) is 3.72. The Bertz CT molecular complexity index is 454. The van der Waals surface area contributed by atoms with Crippen LogP contribution in [0.4, 0.5) is 8.78 Å². The molecule has 2 rings (SSSR count). The molecule has 0 bridgehead atoms. The molecule has 0 unspecified atom stereocenters. The lowest BCUT2D eigenvalue weighted by atomic mass is 10.2. The van der Waals surface area contributed by atoms with Gasteiger partial charge in [0, 0.05) is 25.2 Å². The fourth-order valence-electron chi connectivity index (χ4n) is 1.53. The number of benzene rings is 1. The monoisotopic (exact) mass is 387 g/mol. The largest absolute Gasteiger partial charge is 0.356 e. The van der Waals surface area contributed by atoms with E-state index >= 15 is 0 Å². The maximum absolute atomic E-state index is 13.4. The summed E-state index contributed by atoms with van der Waals surface area (Å²) in [6.45, 7) is 1.75. The SMILES string of the molecule is Fc1cc(CNC2=NCCCN2)c(F)cc1Cl.I. The van der Waals surface area contributed by atoms with E-state index in [0.717, 1.165) is 31.6 Å². The van der Waals surface area contributed by atoms with Crippen molar-refractivity contribution in [1.29, 1.82) is 0 Å². The zero-order valence-corrected chi connectivity index (χ0v) is 12.6. The summed E-state index contributed by atoms with van der Waals surface area (Å²) in [7, 11) is 0. The molecule has 1 aliphatic rings. The van der Waals surface area contributed by atoms with E-state index in [1.54, 1.807) is 0 Å². The van der Waals surface area contributed by atoms with Crippen LogP contribution >= 0.6 is 35.6 Å². The average molecular weight is 388 g/mol. The Kier molecular flexibility index (Phi) is 6.07. The number of nitrogens with one attached hydrogen (secondary N) is 2. The van der Waals surface area contributed by atoms with E-state index in [1.807, 2.05) is 0 Å². The fraction of sp³-hybridized carbons (Fsp3) is 0.364. The molecule has 1 aromatic rings. The van der Waals surface area contributed by atoms with E-state index in [4.69, 9.17) is 11.6 Å². The minimum atomic E-state index is -0.622. The minimum Gasteiger partial charge on any atom is -0.356 e. The van der Waals surface area contributed by atoms with Crippen LogP contribution in [-0.2, 0) is 6.54 Å². The Balaban J connectivity index is 0.00000162. The minimum absolute atomic E-state index is 0. The number of guanidine groups is 1. The van der Waals surface area contributed by atoms with E-state index in [1.165, 1.54) is 0 Å². The van der Waals surface area contributed by atoms with Gasteiger partial charge < -0.3 is 10.6 Å². The fourth-order valence-corrected chi connectivity index (χ4v) is 1.68. The normalized spacial score (nSPS) is 14.3. The molecule has 0 aromatic heterocycles. The molecular formula is C11H13ClF2IN3. The lowest BCUT2D eigenvalue weighted by Crippen LogP contribution is -2.40. The molecule has 3 nitrogen and oxygen atoms in total. The lowest BCUT2D eigenvalue weighted by molar-refractivity contribution is 0.580. The van der Waals surface area contributed by atoms with Crippen LogP contribution in [0, 0.1) is 11.6 Å². The van der Waals surface area contributed by atoms with E-state index in [-0.39, 0.29) is 41.1 Å². The number of hydrogen-bond donors (Lipinski definition) is 2. The summed E-state index contributed by atoms with van der Waals surface area (Å²) in [6.07, 6.45) is 0.981. The summed E-state index contributed by atoms with van der Waals surface area (Å²) in [4.78, 5) is 4.17. The molecular weight excluding hydrogens is 374 g/mol. The molecule has 0 atom stereocenters. The van der Waals surface area contributed by atoms with Gasteiger partial charge >= 0.3 is 0 Å². The second kappa shape index (κ2) is 7.08. The molecule has 0 fully saturated rings. The second-order valence-corrected chi connectivity index (χ2v) is 4.13. The van der Waals surface area contributed by atoms with Crippen molar-refractivity contribution < 1.29 is 8.78 Å². The van der Waals surface area contributed by atoms with E-state index in [0.29, 0.717) is 5.96 Å². The van der Waals surface area contributed by atoms with Gasteiger partial charge in [0.15, 0.2) is 5.96 Å². The van der Waals surface area contributed by atoms with Crippen molar-refractivity contribution in [3.8, 4) is 0 Å². The first-order valence-corrected chi connectivity index (χ1v) is 5.70. The predicted octanol–water partition coefficient (Wildman–Crippen LogP) is 2.68. The van der Waals surface area contributed by atoms with Crippen molar-refractivity contribution in [3.63, 3.8) is 0 Å². The first kappa shape index (κ1) is 15.4. The third-order valence-electron chi connectivity index (χ3n) is 2.43. The quantitative estimate of drug-likeness (QED) is 0.605. The van der Waals surface area contributed by atoms with Crippen molar-refractivity contribution >= 4 is 41.5 Å². The van der Waals surface area contributed by atoms with Gasteiger partial charge in [-0.15, -0.1) is 24.0 Å². The van der Waals surface area contributed by atoms with Gasteiger partial charge in [0.05, 0.1) is 5.02 Å². The highest BCUT2D eigenvalue weighted by molar-refractivity contribution is 14.0. The summed E-state index contributed by atoms with van der Waals surface area (Å²) >= 11 is 5.46. The van der Waals surface area contributed by atoms with Crippen LogP contribution in [0.15, 0.2) is 17.1 Å². The van der Waals surface area contributed by atoms with E-state index < -0.39 is 11.6 Å². The Hall–Kier alpha value is -0.630. The molecule has 0 saturated heterocycles. The van der Waals surface area contributed by atoms with Gasteiger partial charge in [-0.3, -0.25) is 4.99 Å². The van der Waals surface area contributed by atoms with Crippen LogP contribution in [-0.4, -0.2) is 19.0 Å². The number of aliphatic imine (C=N–C) groups is 1. The van der Waals surface area contributed by atoms with Crippen LogP contribution < -0.4 is 10.6 Å². The third-order valence-corrected chi connectivity index (χ3v) is 2.72. The topological polar surface area (TPSA) is 36.4 Å². The predicted molar refractivity (Wildman–Crippen MR) is 78.5 cm³/mol. The molecule has 18 heavy (non-hydrogen) atoms. The van der Waals surface area contributed by atoms with Crippen LogP contribution in [0.25, 0.3) is 0 Å².